The molecule has 0 saturated carbocycles. The quantitative estimate of drug-likeness (QED) is 0.611. The molecule has 0 spiro atoms. The lowest BCUT2D eigenvalue weighted by Gasteiger charge is -2.04. The molecule has 0 aliphatic heterocycles. The lowest BCUT2D eigenvalue weighted by Crippen LogP contribution is -2.01. The largest absolute Gasteiger partial charge is 0.382 e. The van der Waals surface area contributed by atoms with E-state index >= 15 is 0 Å². The molecule has 4 aromatic rings. The van der Waals surface area contributed by atoms with Crippen molar-refractivity contribution in [2.24, 2.45) is 0 Å². The normalized spacial score (nSPS) is 11.4. The number of nitrogen functional groups attached to an aromatic ring is 1. The van der Waals surface area contributed by atoms with Gasteiger partial charge in [-0.05, 0) is 25.3 Å². The zero-order valence-electron chi connectivity index (χ0n) is 11.9. The number of fused-ring (bicyclic) bond motifs is 1. The van der Waals surface area contributed by atoms with Gasteiger partial charge in [-0.2, -0.15) is 11.3 Å². The molecule has 0 unspecified atom stereocenters. The van der Waals surface area contributed by atoms with Crippen LogP contribution in [0.15, 0.2) is 27.7 Å². The standard InChI is InChI=1S/C14H12N6OS/c1-7-10(8(2)21-19-7)13-17-12(15)11-14(18-13)20(6-16-11)9-3-4-22-5-9/h3-6H,1-2H3,(H2,15,17,18). The van der Waals surface area contributed by atoms with Gasteiger partial charge in [-0.25, -0.2) is 15.0 Å². The van der Waals surface area contributed by atoms with E-state index in [4.69, 9.17) is 10.3 Å². The first-order valence-electron chi connectivity index (χ1n) is 6.61. The fraction of sp³-hybridized carbons (Fsp3) is 0.143. The van der Waals surface area contributed by atoms with Crippen molar-refractivity contribution < 1.29 is 4.52 Å². The number of aryl methyl sites for hydroxylation is 2. The van der Waals surface area contributed by atoms with E-state index in [2.05, 4.69) is 20.1 Å². The number of thiophene rings is 1. The SMILES string of the molecule is Cc1noc(C)c1-c1nc(N)c2ncn(-c3ccsc3)c2n1. The maximum Gasteiger partial charge on any atom is 0.170 e. The molecule has 0 amide bonds. The molecule has 0 atom stereocenters. The van der Waals surface area contributed by atoms with Crippen molar-refractivity contribution in [3.05, 3.63) is 34.6 Å². The minimum Gasteiger partial charge on any atom is -0.382 e. The monoisotopic (exact) mass is 312 g/mol. The second-order valence-corrected chi connectivity index (χ2v) is 5.68. The number of nitrogens with two attached hydrogens (primary N) is 1. The van der Waals surface area contributed by atoms with Crippen LogP contribution in [0.5, 0.6) is 0 Å². The van der Waals surface area contributed by atoms with Gasteiger partial charge < -0.3 is 10.3 Å². The Balaban J connectivity index is 2.01. The number of nitrogens with zero attached hydrogens (tertiary/aromatic N) is 5. The zero-order chi connectivity index (χ0) is 15.3. The summed E-state index contributed by atoms with van der Waals surface area (Å²) in [5.74, 6) is 1.50. The van der Waals surface area contributed by atoms with Gasteiger partial charge in [-0.3, -0.25) is 4.57 Å². The van der Waals surface area contributed by atoms with Gasteiger partial charge >= 0.3 is 0 Å². The molecule has 0 radical (unpaired) electrons. The third kappa shape index (κ3) is 1.81. The molecule has 0 aromatic carbocycles. The molecule has 8 heteroatoms. The highest BCUT2D eigenvalue weighted by Gasteiger charge is 2.18. The van der Waals surface area contributed by atoms with Crippen LogP contribution in [0, 0.1) is 13.8 Å². The van der Waals surface area contributed by atoms with Gasteiger partial charge in [0.05, 0.1) is 16.9 Å². The van der Waals surface area contributed by atoms with E-state index in [1.54, 1.807) is 17.7 Å². The third-order valence-corrected chi connectivity index (χ3v) is 4.14. The maximum atomic E-state index is 6.05. The van der Waals surface area contributed by atoms with E-state index in [0.29, 0.717) is 28.6 Å². The average molecular weight is 312 g/mol. The summed E-state index contributed by atoms with van der Waals surface area (Å²) in [7, 11) is 0. The molecule has 2 N–H and O–H groups in total. The molecular weight excluding hydrogens is 300 g/mol. The number of anilines is 1. The Bertz CT molecular complexity index is 949. The Kier molecular flexibility index (Phi) is 2.73. The van der Waals surface area contributed by atoms with Crippen LogP contribution in [0.2, 0.25) is 0 Å². The summed E-state index contributed by atoms with van der Waals surface area (Å²) < 4.78 is 7.09. The van der Waals surface area contributed by atoms with E-state index in [1.807, 2.05) is 35.2 Å². The van der Waals surface area contributed by atoms with Crippen molar-refractivity contribution in [1.82, 2.24) is 24.7 Å². The van der Waals surface area contributed by atoms with Crippen molar-refractivity contribution in [2.75, 3.05) is 5.73 Å². The highest BCUT2D eigenvalue weighted by atomic mass is 32.1. The number of hydrogen-bond donors (Lipinski definition) is 1. The van der Waals surface area contributed by atoms with Crippen molar-refractivity contribution in [3.63, 3.8) is 0 Å². The van der Waals surface area contributed by atoms with Gasteiger partial charge in [-0.15, -0.1) is 0 Å². The topological polar surface area (TPSA) is 95.6 Å². The van der Waals surface area contributed by atoms with Crippen LogP contribution in [-0.2, 0) is 0 Å². The van der Waals surface area contributed by atoms with E-state index in [9.17, 15) is 0 Å². The van der Waals surface area contributed by atoms with Gasteiger partial charge in [0, 0.05) is 5.38 Å². The second-order valence-electron chi connectivity index (χ2n) is 4.90. The molecule has 4 heterocycles. The summed E-state index contributed by atoms with van der Waals surface area (Å²) in [5, 5.41) is 7.97. The molecule has 22 heavy (non-hydrogen) atoms. The van der Waals surface area contributed by atoms with Crippen LogP contribution < -0.4 is 5.73 Å². The molecule has 0 aliphatic carbocycles. The lowest BCUT2D eigenvalue weighted by molar-refractivity contribution is 0.393. The summed E-state index contributed by atoms with van der Waals surface area (Å²) in [4.78, 5) is 13.3. The Hall–Kier alpha value is -2.74. The number of imidazole rings is 1. The van der Waals surface area contributed by atoms with Crippen LogP contribution in [-0.4, -0.2) is 24.7 Å². The fourth-order valence-corrected chi connectivity index (χ4v) is 3.05. The average Bonchev–Trinajstić information content (AvgIpc) is 3.18. The minimum atomic E-state index is 0.342. The molecule has 110 valence electrons. The van der Waals surface area contributed by atoms with Crippen molar-refractivity contribution in [2.45, 2.75) is 13.8 Å². The van der Waals surface area contributed by atoms with Crippen molar-refractivity contribution in [3.8, 4) is 17.1 Å². The van der Waals surface area contributed by atoms with E-state index < -0.39 is 0 Å². The van der Waals surface area contributed by atoms with Gasteiger partial charge in [0.2, 0.25) is 0 Å². The predicted molar refractivity (Wildman–Crippen MR) is 83.9 cm³/mol. The molecule has 4 aromatic heterocycles. The van der Waals surface area contributed by atoms with Crippen LogP contribution in [0.4, 0.5) is 5.82 Å². The summed E-state index contributed by atoms with van der Waals surface area (Å²) in [6.45, 7) is 3.68. The first kappa shape index (κ1) is 13.0. The molecule has 0 saturated heterocycles. The smallest absolute Gasteiger partial charge is 0.170 e. The van der Waals surface area contributed by atoms with Crippen LogP contribution in [0.1, 0.15) is 11.5 Å². The fourth-order valence-electron chi connectivity index (χ4n) is 2.42. The molecular formula is C14H12N6OS. The molecule has 0 aliphatic rings. The van der Waals surface area contributed by atoms with Crippen molar-refractivity contribution >= 4 is 28.3 Å². The maximum absolute atomic E-state index is 6.05. The molecule has 0 bridgehead atoms. The first-order chi connectivity index (χ1) is 10.6. The summed E-state index contributed by atoms with van der Waals surface area (Å²) in [5.41, 5.74) is 9.81. The molecule has 4 rings (SSSR count). The van der Waals surface area contributed by atoms with Gasteiger partial charge in [0.15, 0.2) is 22.8 Å². The lowest BCUT2D eigenvalue weighted by atomic mass is 10.2. The van der Waals surface area contributed by atoms with E-state index in [0.717, 1.165) is 16.9 Å². The molecule has 0 fully saturated rings. The van der Waals surface area contributed by atoms with E-state index in [-0.39, 0.29) is 0 Å². The Morgan fingerprint density at radius 3 is 2.82 bits per heavy atom. The highest BCUT2D eigenvalue weighted by Crippen LogP contribution is 2.28. The Morgan fingerprint density at radius 2 is 2.14 bits per heavy atom. The predicted octanol–water partition coefficient (Wildman–Crippen LogP) is 2.73. The number of rotatable bonds is 2. The summed E-state index contributed by atoms with van der Waals surface area (Å²) in [6, 6.07) is 2.00. The number of hydrogen-bond acceptors (Lipinski definition) is 7. The summed E-state index contributed by atoms with van der Waals surface area (Å²) in [6.07, 6.45) is 1.70. The first-order valence-corrected chi connectivity index (χ1v) is 7.56. The van der Waals surface area contributed by atoms with Gasteiger partial charge in [0.1, 0.15) is 12.1 Å². The second kappa shape index (κ2) is 4.63. The van der Waals surface area contributed by atoms with Crippen molar-refractivity contribution in [1.29, 1.82) is 0 Å². The Labute approximate surface area is 129 Å². The minimum absolute atomic E-state index is 0.342. The summed E-state index contributed by atoms with van der Waals surface area (Å²) >= 11 is 1.61. The van der Waals surface area contributed by atoms with E-state index in [1.165, 1.54) is 0 Å². The van der Waals surface area contributed by atoms with Gasteiger partial charge in [-0.1, -0.05) is 5.16 Å². The number of aromatic nitrogens is 5. The third-order valence-electron chi connectivity index (χ3n) is 3.46. The zero-order valence-corrected chi connectivity index (χ0v) is 12.8. The Morgan fingerprint density at radius 1 is 1.27 bits per heavy atom. The van der Waals surface area contributed by atoms with Crippen LogP contribution in [0.25, 0.3) is 28.2 Å². The van der Waals surface area contributed by atoms with Crippen LogP contribution in [0.3, 0.4) is 0 Å². The molecule has 7 nitrogen and oxygen atoms in total. The van der Waals surface area contributed by atoms with Crippen LogP contribution >= 0.6 is 11.3 Å². The van der Waals surface area contributed by atoms with Gasteiger partial charge in [0.25, 0.3) is 0 Å². The highest BCUT2D eigenvalue weighted by molar-refractivity contribution is 7.08.